The van der Waals surface area contributed by atoms with Crippen LogP contribution >= 0.6 is 0 Å². The maximum Gasteiger partial charge on any atom is 0.239 e. The lowest BCUT2D eigenvalue weighted by Gasteiger charge is -2.10. The van der Waals surface area contributed by atoms with Crippen LogP contribution < -0.4 is 15.8 Å². The van der Waals surface area contributed by atoms with Gasteiger partial charge < -0.3 is 15.8 Å². The molecular formula is C15H18FN3O. The number of nitrogen functional groups attached to an aromatic ring is 1. The van der Waals surface area contributed by atoms with Crippen LogP contribution in [0.1, 0.15) is 18.9 Å². The van der Waals surface area contributed by atoms with E-state index >= 15 is 0 Å². The first-order valence-corrected chi connectivity index (χ1v) is 6.56. The van der Waals surface area contributed by atoms with Crippen molar-refractivity contribution in [2.24, 2.45) is 0 Å². The van der Waals surface area contributed by atoms with Crippen molar-refractivity contribution in [1.29, 1.82) is 0 Å². The molecule has 1 aromatic heterocycles. The van der Waals surface area contributed by atoms with Gasteiger partial charge in [0.15, 0.2) is 0 Å². The predicted octanol–water partition coefficient (Wildman–Crippen LogP) is 3.20. The molecule has 0 aliphatic heterocycles. The quantitative estimate of drug-likeness (QED) is 0.850. The molecule has 0 atom stereocenters. The number of rotatable bonds is 6. The SMILES string of the molecule is CCCOc1nc(NCc2ccc(F)cc2)ccc1N. The van der Waals surface area contributed by atoms with Crippen LogP contribution in [0, 0.1) is 5.82 Å². The van der Waals surface area contributed by atoms with Crippen LogP contribution in [-0.4, -0.2) is 11.6 Å². The van der Waals surface area contributed by atoms with Gasteiger partial charge in [-0.15, -0.1) is 0 Å². The van der Waals surface area contributed by atoms with E-state index < -0.39 is 0 Å². The summed E-state index contributed by atoms with van der Waals surface area (Å²) in [6, 6.07) is 9.87. The lowest BCUT2D eigenvalue weighted by molar-refractivity contribution is 0.307. The molecule has 0 spiro atoms. The second kappa shape index (κ2) is 6.75. The molecule has 2 aromatic rings. The molecule has 1 aromatic carbocycles. The molecule has 0 amide bonds. The monoisotopic (exact) mass is 275 g/mol. The number of nitrogens with two attached hydrogens (primary N) is 1. The van der Waals surface area contributed by atoms with E-state index in [4.69, 9.17) is 10.5 Å². The van der Waals surface area contributed by atoms with E-state index in [1.165, 1.54) is 12.1 Å². The highest BCUT2D eigenvalue weighted by atomic mass is 19.1. The molecule has 0 aliphatic rings. The van der Waals surface area contributed by atoms with Gasteiger partial charge in [-0.3, -0.25) is 0 Å². The van der Waals surface area contributed by atoms with Gasteiger partial charge in [0.05, 0.1) is 12.3 Å². The highest BCUT2D eigenvalue weighted by Gasteiger charge is 2.04. The average molecular weight is 275 g/mol. The Morgan fingerprint density at radius 3 is 2.65 bits per heavy atom. The number of nitrogens with one attached hydrogen (secondary N) is 1. The summed E-state index contributed by atoms with van der Waals surface area (Å²) in [5.74, 6) is 0.875. The number of aromatic nitrogens is 1. The number of hydrogen-bond acceptors (Lipinski definition) is 4. The summed E-state index contributed by atoms with van der Waals surface area (Å²) in [6.45, 7) is 3.16. The molecule has 0 saturated heterocycles. The summed E-state index contributed by atoms with van der Waals surface area (Å²) in [5.41, 5.74) is 7.29. The maximum absolute atomic E-state index is 12.8. The summed E-state index contributed by atoms with van der Waals surface area (Å²) in [4.78, 5) is 4.31. The lowest BCUT2D eigenvalue weighted by atomic mass is 10.2. The largest absolute Gasteiger partial charge is 0.476 e. The Hall–Kier alpha value is -2.30. The fourth-order valence-corrected chi connectivity index (χ4v) is 1.66. The Kier molecular flexibility index (Phi) is 4.76. The van der Waals surface area contributed by atoms with Crippen molar-refractivity contribution in [1.82, 2.24) is 4.98 Å². The number of pyridine rings is 1. The first-order valence-electron chi connectivity index (χ1n) is 6.56. The van der Waals surface area contributed by atoms with E-state index in [0.29, 0.717) is 30.5 Å². The minimum absolute atomic E-state index is 0.241. The maximum atomic E-state index is 12.8. The van der Waals surface area contributed by atoms with Crippen molar-refractivity contribution in [3.05, 3.63) is 47.8 Å². The predicted molar refractivity (Wildman–Crippen MR) is 78.2 cm³/mol. The molecular weight excluding hydrogens is 257 g/mol. The van der Waals surface area contributed by atoms with Crippen LogP contribution in [0.25, 0.3) is 0 Å². The standard InChI is InChI=1S/C15H18FN3O/c1-2-9-20-15-13(17)7-8-14(19-15)18-10-11-3-5-12(16)6-4-11/h3-8H,2,9-10,17H2,1H3,(H,18,19). The van der Waals surface area contributed by atoms with Gasteiger partial charge in [0, 0.05) is 6.54 Å². The van der Waals surface area contributed by atoms with Crippen molar-refractivity contribution in [2.45, 2.75) is 19.9 Å². The highest BCUT2D eigenvalue weighted by Crippen LogP contribution is 2.21. The van der Waals surface area contributed by atoms with Crippen molar-refractivity contribution in [2.75, 3.05) is 17.7 Å². The Morgan fingerprint density at radius 1 is 1.20 bits per heavy atom. The number of halogens is 1. The molecule has 0 aliphatic carbocycles. The normalized spacial score (nSPS) is 10.3. The van der Waals surface area contributed by atoms with Gasteiger partial charge in [-0.2, -0.15) is 4.98 Å². The molecule has 1 heterocycles. The van der Waals surface area contributed by atoms with Crippen LogP contribution in [-0.2, 0) is 6.54 Å². The molecule has 0 bridgehead atoms. The lowest BCUT2D eigenvalue weighted by Crippen LogP contribution is -2.05. The zero-order valence-corrected chi connectivity index (χ0v) is 11.4. The zero-order valence-electron chi connectivity index (χ0n) is 11.4. The smallest absolute Gasteiger partial charge is 0.239 e. The van der Waals surface area contributed by atoms with Crippen LogP contribution in [0.15, 0.2) is 36.4 Å². The third-order valence-electron chi connectivity index (χ3n) is 2.72. The van der Waals surface area contributed by atoms with E-state index in [2.05, 4.69) is 10.3 Å². The number of nitrogens with zero attached hydrogens (tertiary/aromatic N) is 1. The van der Waals surface area contributed by atoms with E-state index in [0.717, 1.165) is 12.0 Å². The molecule has 0 saturated carbocycles. The van der Waals surface area contributed by atoms with Gasteiger partial charge in [-0.1, -0.05) is 19.1 Å². The Balaban J connectivity index is 2.00. The summed E-state index contributed by atoms with van der Waals surface area (Å²) < 4.78 is 18.3. The van der Waals surface area contributed by atoms with Crippen LogP contribution in [0.3, 0.4) is 0 Å². The molecule has 3 N–H and O–H groups in total. The van der Waals surface area contributed by atoms with Crippen molar-refractivity contribution < 1.29 is 9.13 Å². The van der Waals surface area contributed by atoms with Crippen LogP contribution in [0.5, 0.6) is 5.88 Å². The second-order valence-electron chi connectivity index (χ2n) is 4.42. The molecule has 20 heavy (non-hydrogen) atoms. The summed E-state index contributed by atoms with van der Waals surface area (Å²) in [7, 11) is 0. The number of hydrogen-bond donors (Lipinski definition) is 2. The molecule has 5 heteroatoms. The Labute approximate surface area is 117 Å². The van der Waals surface area contributed by atoms with E-state index in [1.807, 2.05) is 6.92 Å². The van der Waals surface area contributed by atoms with E-state index in [-0.39, 0.29) is 5.82 Å². The highest BCUT2D eigenvalue weighted by molar-refractivity contribution is 5.53. The Morgan fingerprint density at radius 2 is 1.95 bits per heavy atom. The van der Waals surface area contributed by atoms with Crippen LogP contribution in [0.4, 0.5) is 15.9 Å². The molecule has 2 rings (SSSR count). The van der Waals surface area contributed by atoms with Gasteiger partial charge in [0.1, 0.15) is 11.6 Å². The Bertz CT molecular complexity index is 558. The van der Waals surface area contributed by atoms with Gasteiger partial charge in [0.25, 0.3) is 0 Å². The third kappa shape index (κ3) is 3.85. The van der Waals surface area contributed by atoms with Gasteiger partial charge in [0.2, 0.25) is 5.88 Å². The number of anilines is 2. The molecule has 4 nitrogen and oxygen atoms in total. The minimum atomic E-state index is -0.241. The van der Waals surface area contributed by atoms with Crippen molar-refractivity contribution >= 4 is 11.5 Å². The van der Waals surface area contributed by atoms with Gasteiger partial charge in [-0.05, 0) is 36.2 Å². The fraction of sp³-hybridized carbons (Fsp3) is 0.267. The van der Waals surface area contributed by atoms with E-state index in [1.54, 1.807) is 24.3 Å². The first-order chi connectivity index (χ1) is 9.69. The minimum Gasteiger partial charge on any atom is -0.476 e. The molecule has 0 unspecified atom stereocenters. The van der Waals surface area contributed by atoms with Crippen molar-refractivity contribution in [3.8, 4) is 5.88 Å². The molecule has 0 radical (unpaired) electrons. The van der Waals surface area contributed by atoms with Crippen molar-refractivity contribution in [3.63, 3.8) is 0 Å². The zero-order chi connectivity index (χ0) is 14.4. The summed E-state index contributed by atoms with van der Waals surface area (Å²) in [6.07, 6.45) is 0.897. The van der Waals surface area contributed by atoms with Gasteiger partial charge >= 0.3 is 0 Å². The van der Waals surface area contributed by atoms with Crippen LogP contribution in [0.2, 0.25) is 0 Å². The summed E-state index contributed by atoms with van der Waals surface area (Å²) >= 11 is 0. The summed E-state index contributed by atoms with van der Waals surface area (Å²) in [5, 5.41) is 3.16. The topological polar surface area (TPSA) is 60.2 Å². The van der Waals surface area contributed by atoms with Gasteiger partial charge in [-0.25, -0.2) is 4.39 Å². The number of benzene rings is 1. The average Bonchev–Trinajstić information content (AvgIpc) is 2.46. The molecule has 0 fully saturated rings. The first kappa shape index (κ1) is 14.1. The van der Waals surface area contributed by atoms with E-state index in [9.17, 15) is 4.39 Å². The third-order valence-corrected chi connectivity index (χ3v) is 2.72. The fourth-order valence-electron chi connectivity index (χ4n) is 1.66. The second-order valence-corrected chi connectivity index (χ2v) is 4.42. The molecule has 106 valence electrons. The number of ether oxygens (including phenoxy) is 1.